The molecule has 7 nitrogen and oxygen atoms in total. The molecule has 0 radical (unpaired) electrons. The summed E-state index contributed by atoms with van der Waals surface area (Å²) < 4.78 is 27.0. The summed E-state index contributed by atoms with van der Waals surface area (Å²) in [7, 11) is -3.49. The first-order chi connectivity index (χ1) is 10.1. The third-order valence-electron chi connectivity index (χ3n) is 2.86. The van der Waals surface area contributed by atoms with Crippen molar-refractivity contribution < 1.29 is 8.42 Å². The van der Waals surface area contributed by atoms with E-state index in [-0.39, 0.29) is 4.90 Å². The third-order valence-corrected chi connectivity index (χ3v) is 4.38. The van der Waals surface area contributed by atoms with Gasteiger partial charge >= 0.3 is 0 Å². The number of aromatic nitrogens is 3. The lowest BCUT2D eigenvalue weighted by Gasteiger charge is -2.12. The molecular weight excluding hydrogens is 290 g/mol. The second-order valence-corrected chi connectivity index (χ2v) is 6.24. The molecule has 0 spiro atoms. The van der Waals surface area contributed by atoms with Crippen LogP contribution in [-0.2, 0) is 16.4 Å². The summed E-state index contributed by atoms with van der Waals surface area (Å²) in [4.78, 5) is 4.28. The van der Waals surface area contributed by atoms with Gasteiger partial charge in [-0.2, -0.15) is 5.10 Å². The van der Waals surface area contributed by atoms with Crippen molar-refractivity contribution in [1.82, 2.24) is 19.9 Å². The Morgan fingerprint density at radius 3 is 2.76 bits per heavy atom. The number of nitrogens with zero attached hydrogens (tertiary/aromatic N) is 2. The van der Waals surface area contributed by atoms with Gasteiger partial charge in [-0.3, -0.25) is 5.10 Å². The first-order valence-corrected chi connectivity index (χ1v) is 8.28. The molecule has 8 heteroatoms. The summed E-state index contributed by atoms with van der Waals surface area (Å²) in [6, 6.07) is 6.85. The number of hydrogen-bond acceptors (Lipinski definition) is 5. The molecule has 2 rings (SSSR count). The molecule has 0 aliphatic rings. The SMILES string of the molecule is CCCNS(=O)(=O)c1ccccc1NCCc1ncn[nH]1. The van der Waals surface area contributed by atoms with E-state index in [1.54, 1.807) is 24.3 Å². The molecule has 21 heavy (non-hydrogen) atoms. The van der Waals surface area contributed by atoms with Gasteiger partial charge < -0.3 is 5.32 Å². The molecule has 0 unspecified atom stereocenters. The highest BCUT2D eigenvalue weighted by Crippen LogP contribution is 2.20. The number of nitrogens with one attached hydrogen (secondary N) is 3. The van der Waals surface area contributed by atoms with Crippen LogP contribution in [0.15, 0.2) is 35.5 Å². The smallest absolute Gasteiger partial charge is 0.242 e. The van der Waals surface area contributed by atoms with Crippen molar-refractivity contribution >= 4 is 15.7 Å². The maximum Gasteiger partial charge on any atom is 0.242 e. The average molecular weight is 309 g/mol. The van der Waals surface area contributed by atoms with Gasteiger partial charge in [0.1, 0.15) is 17.0 Å². The first-order valence-electron chi connectivity index (χ1n) is 6.80. The van der Waals surface area contributed by atoms with Crippen LogP contribution in [0.2, 0.25) is 0 Å². The molecule has 0 aliphatic carbocycles. The van der Waals surface area contributed by atoms with E-state index >= 15 is 0 Å². The molecule has 1 aromatic heterocycles. The highest BCUT2D eigenvalue weighted by molar-refractivity contribution is 7.89. The predicted molar refractivity (Wildman–Crippen MR) is 80.5 cm³/mol. The Morgan fingerprint density at radius 1 is 1.24 bits per heavy atom. The molecule has 0 aliphatic heterocycles. The van der Waals surface area contributed by atoms with E-state index in [9.17, 15) is 8.42 Å². The Labute approximate surface area is 124 Å². The fourth-order valence-electron chi connectivity index (χ4n) is 1.83. The Bertz CT molecular complexity index is 655. The van der Waals surface area contributed by atoms with E-state index < -0.39 is 10.0 Å². The summed E-state index contributed by atoms with van der Waals surface area (Å²) in [6.45, 7) is 2.91. The van der Waals surface area contributed by atoms with Crippen LogP contribution in [0.5, 0.6) is 0 Å². The highest BCUT2D eigenvalue weighted by atomic mass is 32.2. The molecule has 0 saturated heterocycles. The normalized spacial score (nSPS) is 11.5. The van der Waals surface area contributed by atoms with Crippen LogP contribution < -0.4 is 10.0 Å². The Hall–Kier alpha value is -1.93. The van der Waals surface area contributed by atoms with Crippen LogP contribution in [0.3, 0.4) is 0 Å². The van der Waals surface area contributed by atoms with E-state index in [1.165, 1.54) is 6.33 Å². The summed E-state index contributed by atoms with van der Waals surface area (Å²) in [5.41, 5.74) is 0.584. The topological polar surface area (TPSA) is 99.8 Å². The Morgan fingerprint density at radius 2 is 2.05 bits per heavy atom. The van der Waals surface area contributed by atoms with Crippen molar-refractivity contribution in [1.29, 1.82) is 0 Å². The van der Waals surface area contributed by atoms with Gasteiger partial charge in [0.15, 0.2) is 0 Å². The molecule has 1 aromatic carbocycles. The van der Waals surface area contributed by atoms with Crippen molar-refractivity contribution in [3.8, 4) is 0 Å². The van der Waals surface area contributed by atoms with Crippen LogP contribution in [0.25, 0.3) is 0 Å². The van der Waals surface area contributed by atoms with E-state index in [2.05, 4.69) is 25.2 Å². The van der Waals surface area contributed by atoms with Gasteiger partial charge in [-0.15, -0.1) is 0 Å². The van der Waals surface area contributed by atoms with Crippen LogP contribution in [0, 0.1) is 0 Å². The number of rotatable bonds is 8. The molecule has 2 aromatic rings. The van der Waals surface area contributed by atoms with E-state index in [0.29, 0.717) is 25.2 Å². The zero-order valence-corrected chi connectivity index (χ0v) is 12.7. The molecule has 1 heterocycles. The minimum absolute atomic E-state index is 0.260. The number of aromatic amines is 1. The molecule has 0 bridgehead atoms. The zero-order valence-electron chi connectivity index (χ0n) is 11.8. The van der Waals surface area contributed by atoms with E-state index in [0.717, 1.165) is 12.2 Å². The average Bonchev–Trinajstić information content (AvgIpc) is 2.99. The van der Waals surface area contributed by atoms with Gasteiger partial charge in [0.25, 0.3) is 0 Å². The fourth-order valence-corrected chi connectivity index (χ4v) is 3.14. The molecule has 114 valence electrons. The van der Waals surface area contributed by atoms with Gasteiger partial charge in [0.05, 0.1) is 5.69 Å². The van der Waals surface area contributed by atoms with E-state index in [4.69, 9.17) is 0 Å². The summed E-state index contributed by atoms with van der Waals surface area (Å²) in [5, 5.41) is 9.66. The van der Waals surface area contributed by atoms with Crippen molar-refractivity contribution in [2.45, 2.75) is 24.7 Å². The van der Waals surface area contributed by atoms with Gasteiger partial charge in [-0.05, 0) is 18.6 Å². The molecule has 0 amide bonds. The maximum absolute atomic E-state index is 12.2. The number of benzene rings is 1. The monoisotopic (exact) mass is 309 g/mol. The lowest BCUT2D eigenvalue weighted by Crippen LogP contribution is -2.25. The van der Waals surface area contributed by atoms with Gasteiger partial charge in [-0.1, -0.05) is 19.1 Å². The zero-order chi connectivity index (χ0) is 15.1. The number of hydrogen-bond donors (Lipinski definition) is 3. The second kappa shape index (κ2) is 7.19. The van der Waals surface area contributed by atoms with Crippen molar-refractivity contribution in [3.63, 3.8) is 0 Å². The van der Waals surface area contributed by atoms with Crippen molar-refractivity contribution in [2.24, 2.45) is 0 Å². The number of anilines is 1. The summed E-state index contributed by atoms with van der Waals surface area (Å²) in [5.74, 6) is 0.756. The maximum atomic E-state index is 12.2. The van der Waals surface area contributed by atoms with Crippen LogP contribution in [-0.4, -0.2) is 36.7 Å². The summed E-state index contributed by atoms with van der Waals surface area (Å²) in [6.07, 6.45) is 2.83. The van der Waals surface area contributed by atoms with Gasteiger partial charge in [-0.25, -0.2) is 18.1 Å². The fraction of sp³-hybridized carbons (Fsp3) is 0.385. The van der Waals surface area contributed by atoms with Crippen molar-refractivity contribution in [2.75, 3.05) is 18.4 Å². The third kappa shape index (κ3) is 4.27. The molecule has 3 N–H and O–H groups in total. The molecule has 0 fully saturated rings. The minimum atomic E-state index is -3.49. The number of H-pyrrole nitrogens is 1. The quantitative estimate of drug-likeness (QED) is 0.679. The van der Waals surface area contributed by atoms with Crippen molar-refractivity contribution in [3.05, 3.63) is 36.4 Å². The highest BCUT2D eigenvalue weighted by Gasteiger charge is 2.17. The minimum Gasteiger partial charge on any atom is -0.383 e. The molecule has 0 atom stereocenters. The van der Waals surface area contributed by atoms with Gasteiger partial charge in [0.2, 0.25) is 10.0 Å². The molecule has 0 saturated carbocycles. The lowest BCUT2D eigenvalue weighted by atomic mass is 10.3. The summed E-state index contributed by atoms with van der Waals surface area (Å²) >= 11 is 0. The molecular formula is C13H19N5O2S. The lowest BCUT2D eigenvalue weighted by molar-refractivity contribution is 0.581. The van der Waals surface area contributed by atoms with Crippen LogP contribution >= 0.6 is 0 Å². The Kier molecular flexibility index (Phi) is 5.29. The number of para-hydroxylation sites is 1. The second-order valence-electron chi connectivity index (χ2n) is 4.50. The van der Waals surface area contributed by atoms with Crippen LogP contribution in [0.4, 0.5) is 5.69 Å². The van der Waals surface area contributed by atoms with Gasteiger partial charge in [0, 0.05) is 19.5 Å². The standard InChI is InChI=1S/C13H19N5O2S/c1-2-8-17-21(19,20)12-6-4-3-5-11(12)14-9-7-13-15-10-16-18-13/h3-6,10,14,17H,2,7-9H2,1H3,(H,15,16,18). The first kappa shape index (κ1) is 15.5. The predicted octanol–water partition coefficient (Wildman–Crippen LogP) is 1.15. The van der Waals surface area contributed by atoms with E-state index in [1.807, 2.05) is 6.92 Å². The number of sulfonamides is 1. The largest absolute Gasteiger partial charge is 0.383 e. The van der Waals surface area contributed by atoms with Crippen LogP contribution in [0.1, 0.15) is 19.2 Å². The Balaban J connectivity index is 2.06.